The fraction of sp³-hybridized carbons (Fsp3) is 0.400. The highest BCUT2D eigenvalue weighted by Crippen LogP contribution is 2.27. The molecule has 2 aromatic heterocycles. The Morgan fingerprint density at radius 3 is 3.04 bits per heavy atom. The molecule has 0 radical (unpaired) electrons. The second-order valence-electron chi connectivity index (χ2n) is 7.04. The summed E-state index contributed by atoms with van der Waals surface area (Å²) in [4.78, 5) is 2.47. The predicted molar refractivity (Wildman–Crippen MR) is 105 cm³/mol. The Kier molecular flexibility index (Phi) is 5.45. The molecule has 0 aliphatic carbocycles. The van der Waals surface area contributed by atoms with Crippen molar-refractivity contribution in [1.29, 1.82) is 0 Å². The lowest BCUT2D eigenvalue weighted by Gasteiger charge is -2.15. The number of aromatic amines is 1. The molecule has 1 aromatic carbocycles. The van der Waals surface area contributed by atoms with Gasteiger partial charge in [-0.1, -0.05) is 17.7 Å². The van der Waals surface area contributed by atoms with Gasteiger partial charge in [0, 0.05) is 49.4 Å². The minimum Gasteiger partial charge on any atom is -0.493 e. The number of nitrogens with one attached hydrogen (secondary N) is 1. The lowest BCUT2D eigenvalue weighted by atomic mass is 10.0. The van der Waals surface area contributed by atoms with E-state index in [1.807, 2.05) is 42.2 Å². The summed E-state index contributed by atoms with van der Waals surface area (Å²) in [5.74, 6) is 1.28. The van der Waals surface area contributed by atoms with Crippen molar-refractivity contribution in [3.8, 4) is 5.75 Å². The maximum atomic E-state index is 5.98. The Labute approximate surface area is 164 Å². The Balaban J connectivity index is 1.27. The highest BCUT2D eigenvalue weighted by molar-refractivity contribution is 6.30. The number of hydrogen-bond acceptors (Lipinski definition) is 4. The predicted octanol–water partition coefficient (Wildman–Crippen LogP) is 3.41. The van der Waals surface area contributed by atoms with Crippen molar-refractivity contribution < 1.29 is 4.74 Å². The largest absolute Gasteiger partial charge is 0.493 e. The first-order chi connectivity index (χ1) is 13.2. The number of benzene rings is 1. The molecule has 0 spiro atoms. The van der Waals surface area contributed by atoms with E-state index in [-0.39, 0.29) is 0 Å². The summed E-state index contributed by atoms with van der Waals surface area (Å²) in [6.45, 7) is 3.67. The first-order valence-corrected chi connectivity index (χ1v) is 9.67. The molecule has 1 saturated heterocycles. The fourth-order valence-corrected chi connectivity index (χ4v) is 3.74. The van der Waals surface area contributed by atoms with E-state index in [4.69, 9.17) is 16.3 Å². The molecule has 1 N–H and O–H groups in total. The molecule has 3 heterocycles. The number of aryl methyl sites for hydroxylation is 1. The van der Waals surface area contributed by atoms with Crippen molar-refractivity contribution >= 4 is 11.6 Å². The van der Waals surface area contributed by atoms with E-state index >= 15 is 0 Å². The topological polar surface area (TPSA) is 59.0 Å². The molecule has 1 fully saturated rings. The maximum absolute atomic E-state index is 5.98. The fourth-order valence-electron chi connectivity index (χ4n) is 3.56. The highest BCUT2D eigenvalue weighted by atomic mass is 35.5. The lowest BCUT2D eigenvalue weighted by molar-refractivity contribution is 0.316. The van der Waals surface area contributed by atoms with Gasteiger partial charge in [-0.2, -0.15) is 10.2 Å². The molecule has 0 bridgehead atoms. The molecule has 0 saturated carbocycles. The van der Waals surface area contributed by atoms with Crippen LogP contribution in [-0.2, 0) is 20.0 Å². The molecule has 4 rings (SSSR count). The normalized spacial score (nSPS) is 17.5. The van der Waals surface area contributed by atoms with Crippen LogP contribution in [0.15, 0.2) is 42.6 Å². The second kappa shape index (κ2) is 8.15. The Bertz CT molecular complexity index is 890. The van der Waals surface area contributed by atoms with E-state index in [9.17, 15) is 0 Å². The van der Waals surface area contributed by atoms with E-state index in [1.54, 1.807) is 0 Å². The first kappa shape index (κ1) is 18.1. The Morgan fingerprint density at radius 2 is 2.22 bits per heavy atom. The van der Waals surface area contributed by atoms with Gasteiger partial charge in [0.1, 0.15) is 5.75 Å². The molecule has 0 amide bonds. The van der Waals surface area contributed by atoms with Crippen molar-refractivity contribution in [2.45, 2.75) is 25.3 Å². The van der Waals surface area contributed by atoms with Crippen LogP contribution in [0, 0.1) is 0 Å². The van der Waals surface area contributed by atoms with E-state index < -0.39 is 0 Å². The number of likely N-dealkylation sites (tertiary alicyclic amines) is 1. The van der Waals surface area contributed by atoms with Crippen LogP contribution < -0.4 is 4.74 Å². The Morgan fingerprint density at radius 1 is 1.30 bits per heavy atom. The van der Waals surface area contributed by atoms with E-state index in [0.29, 0.717) is 17.5 Å². The van der Waals surface area contributed by atoms with Gasteiger partial charge in [0.05, 0.1) is 18.0 Å². The number of H-pyrrole nitrogens is 1. The van der Waals surface area contributed by atoms with E-state index in [0.717, 1.165) is 49.6 Å². The molecule has 1 unspecified atom stereocenters. The van der Waals surface area contributed by atoms with Crippen molar-refractivity contribution in [1.82, 2.24) is 24.9 Å². The average Bonchev–Trinajstić information content (AvgIpc) is 3.38. The zero-order valence-electron chi connectivity index (χ0n) is 15.4. The zero-order valence-corrected chi connectivity index (χ0v) is 16.2. The van der Waals surface area contributed by atoms with Crippen molar-refractivity contribution in [3.63, 3.8) is 0 Å². The monoisotopic (exact) mass is 385 g/mol. The molecule has 142 valence electrons. The SMILES string of the molecule is Cn1nccc1CN1CCC(c2cc(CCOc3cccc(Cl)c3)[nH]n2)C1. The second-order valence-corrected chi connectivity index (χ2v) is 7.48. The van der Waals surface area contributed by atoms with Gasteiger partial charge in [0.2, 0.25) is 0 Å². The van der Waals surface area contributed by atoms with Crippen LogP contribution in [0.1, 0.15) is 29.4 Å². The van der Waals surface area contributed by atoms with Gasteiger partial charge in [-0.05, 0) is 43.3 Å². The average molecular weight is 386 g/mol. The van der Waals surface area contributed by atoms with Crippen molar-refractivity contribution in [3.05, 3.63) is 64.7 Å². The minimum absolute atomic E-state index is 0.483. The van der Waals surface area contributed by atoms with Gasteiger partial charge >= 0.3 is 0 Å². The number of hydrogen-bond donors (Lipinski definition) is 1. The minimum atomic E-state index is 0.483. The maximum Gasteiger partial charge on any atom is 0.120 e. The molecular weight excluding hydrogens is 362 g/mol. The van der Waals surface area contributed by atoms with Gasteiger partial charge in [0.25, 0.3) is 0 Å². The molecule has 3 aromatic rings. The summed E-state index contributed by atoms with van der Waals surface area (Å²) in [7, 11) is 1.99. The summed E-state index contributed by atoms with van der Waals surface area (Å²) < 4.78 is 7.71. The number of halogens is 1. The molecular formula is C20H24ClN5O. The van der Waals surface area contributed by atoms with Gasteiger partial charge in [0.15, 0.2) is 0 Å². The van der Waals surface area contributed by atoms with Gasteiger partial charge in [-0.3, -0.25) is 14.7 Å². The molecule has 1 aliphatic rings. The van der Waals surface area contributed by atoms with Gasteiger partial charge < -0.3 is 4.74 Å². The third-order valence-corrected chi connectivity index (χ3v) is 5.32. The van der Waals surface area contributed by atoms with Crippen LogP contribution in [-0.4, -0.2) is 44.6 Å². The summed E-state index contributed by atoms with van der Waals surface area (Å²) in [5, 5.41) is 12.6. The Hall–Kier alpha value is -2.31. The molecule has 6 nitrogen and oxygen atoms in total. The molecule has 1 atom stereocenters. The summed E-state index contributed by atoms with van der Waals surface area (Å²) in [5.41, 5.74) is 3.51. The van der Waals surface area contributed by atoms with Gasteiger partial charge in [-0.25, -0.2) is 0 Å². The molecule has 27 heavy (non-hydrogen) atoms. The zero-order chi connectivity index (χ0) is 18.6. The smallest absolute Gasteiger partial charge is 0.120 e. The lowest BCUT2D eigenvalue weighted by Crippen LogP contribution is -2.21. The summed E-state index contributed by atoms with van der Waals surface area (Å²) in [6.07, 6.45) is 3.79. The molecule has 1 aliphatic heterocycles. The number of rotatable bonds is 7. The molecule has 7 heteroatoms. The first-order valence-electron chi connectivity index (χ1n) is 9.29. The van der Waals surface area contributed by atoms with E-state index in [1.165, 1.54) is 5.69 Å². The third kappa shape index (κ3) is 4.51. The van der Waals surface area contributed by atoms with Crippen molar-refractivity contribution in [2.75, 3.05) is 19.7 Å². The van der Waals surface area contributed by atoms with Crippen LogP contribution in [0.4, 0.5) is 0 Å². The number of ether oxygens (including phenoxy) is 1. The number of nitrogens with zero attached hydrogens (tertiary/aromatic N) is 4. The van der Waals surface area contributed by atoms with Gasteiger partial charge in [-0.15, -0.1) is 0 Å². The van der Waals surface area contributed by atoms with Crippen LogP contribution >= 0.6 is 11.6 Å². The van der Waals surface area contributed by atoms with E-state index in [2.05, 4.69) is 32.3 Å². The van der Waals surface area contributed by atoms with Crippen LogP contribution in [0.25, 0.3) is 0 Å². The number of aromatic nitrogens is 4. The summed E-state index contributed by atoms with van der Waals surface area (Å²) >= 11 is 5.98. The quantitative estimate of drug-likeness (QED) is 0.677. The standard InChI is InChI=1S/C20H24ClN5O/c1-25-18(5-8-22-25)14-26-9-6-15(13-26)20-12-17(23-24-20)7-10-27-19-4-2-3-16(21)11-19/h2-5,8,11-12,15H,6-7,9-10,13-14H2,1H3,(H,23,24). The van der Waals surface area contributed by atoms with Crippen LogP contribution in [0.3, 0.4) is 0 Å². The van der Waals surface area contributed by atoms with Crippen LogP contribution in [0.2, 0.25) is 5.02 Å². The highest BCUT2D eigenvalue weighted by Gasteiger charge is 2.26. The van der Waals surface area contributed by atoms with Crippen molar-refractivity contribution in [2.24, 2.45) is 7.05 Å². The summed E-state index contributed by atoms with van der Waals surface area (Å²) in [6, 6.07) is 11.7. The van der Waals surface area contributed by atoms with Crippen LogP contribution in [0.5, 0.6) is 5.75 Å². The third-order valence-electron chi connectivity index (χ3n) is 5.09.